The molecular formula is C18H17ClN4O. The van der Waals surface area contributed by atoms with Crippen LogP contribution in [0.3, 0.4) is 0 Å². The van der Waals surface area contributed by atoms with E-state index in [1.165, 1.54) is 5.56 Å². The third-order valence-electron chi connectivity index (χ3n) is 3.63. The molecule has 2 amide bonds. The molecule has 1 atom stereocenters. The molecule has 0 saturated carbocycles. The predicted octanol–water partition coefficient (Wildman–Crippen LogP) is 3.69. The fourth-order valence-corrected chi connectivity index (χ4v) is 2.53. The van der Waals surface area contributed by atoms with E-state index in [4.69, 9.17) is 11.6 Å². The summed E-state index contributed by atoms with van der Waals surface area (Å²) in [7, 11) is 0. The Kier molecular flexibility index (Phi) is 5.23. The second kappa shape index (κ2) is 7.75. The van der Waals surface area contributed by atoms with E-state index in [-0.39, 0.29) is 12.1 Å². The Morgan fingerprint density at radius 1 is 1.08 bits per heavy atom. The second-order valence-corrected chi connectivity index (χ2v) is 5.85. The number of benzene rings is 2. The average Bonchev–Trinajstić information content (AvgIpc) is 3.09. The summed E-state index contributed by atoms with van der Waals surface area (Å²) in [5.74, 6) is 0. The summed E-state index contributed by atoms with van der Waals surface area (Å²) in [6.45, 7) is 0.444. The number of carbonyl (C=O) groups is 1. The molecule has 2 N–H and O–H groups in total. The molecule has 1 heterocycles. The van der Waals surface area contributed by atoms with Gasteiger partial charge in [-0.2, -0.15) is 0 Å². The van der Waals surface area contributed by atoms with E-state index < -0.39 is 0 Å². The Balaban J connectivity index is 1.49. The number of nitrogens with zero attached hydrogens (tertiary/aromatic N) is 2. The van der Waals surface area contributed by atoms with Crippen molar-refractivity contribution in [2.24, 2.45) is 9.98 Å². The third-order valence-corrected chi connectivity index (χ3v) is 3.96. The van der Waals surface area contributed by atoms with Crippen molar-refractivity contribution in [1.82, 2.24) is 5.32 Å². The number of halogens is 1. The van der Waals surface area contributed by atoms with Gasteiger partial charge in [0.1, 0.15) is 6.34 Å². The van der Waals surface area contributed by atoms with E-state index >= 15 is 0 Å². The molecule has 3 rings (SSSR count). The fraction of sp³-hybridized carbons (Fsp3) is 0.167. The van der Waals surface area contributed by atoms with Crippen LogP contribution in [0, 0.1) is 0 Å². The minimum Gasteiger partial charge on any atom is -0.334 e. The van der Waals surface area contributed by atoms with Crippen LogP contribution in [0.1, 0.15) is 11.1 Å². The molecular weight excluding hydrogens is 324 g/mol. The molecule has 0 radical (unpaired) electrons. The highest BCUT2D eigenvalue weighted by atomic mass is 35.5. The molecule has 2 aromatic carbocycles. The summed E-state index contributed by atoms with van der Waals surface area (Å²) in [6, 6.07) is 15.1. The minimum atomic E-state index is -0.288. The zero-order valence-electron chi connectivity index (χ0n) is 12.9. The van der Waals surface area contributed by atoms with Crippen LogP contribution in [-0.4, -0.2) is 24.6 Å². The van der Waals surface area contributed by atoms with Crippen LogP contribution >= 0.6 is 11.6 Å². The van der Waals surface area contributed by atoms with Crippen LogP contribution in [0.15, 0.2) is 58.5 Å². The molecule has 6 heteroatoms. The second-order valence-electron chi connectivity index (χ2n) is 5.44. The van der Waals surface area contributed by atoms with Gasteiger partial charge in [-0.25, -0.2) is 9.79 Å². The van der Waals surface area contributed by atoms with Gasteiger partial charge in [0.15, 0.2) is 0 Å². The predicted molar refractivity (Wildman–Crippen MR) is 98.2 cm³/mol. The van der Waals surface area contributed by atoms with Gasteiger partial charge in [-0.1, -0.05) is 48.0 Å². The number of hydrogen-bond donors (Lipinski definition) is 2. The molecule has 1 unspecified atom stereocenters. The van der Waals surface area contributed by atoms with E-state index in [1.807, 2.05) is 42.6 Å². The van der Waals surface area contributed by atoms with Crippen molar-refractivity contribution < 1.29 is 4.79 Å². The van der Waals surface area contributed by atoms with Gasteiger partial charge >= 0.3 is 6.03 Å². The molecule has 122 valence electrons. The molecule has 0 aliphatic carbocycles. The number of rotatable bonds is 5. The van der Waals surface area contributed by atoms with E-state index in [2.05, 4.69) is 20.6 Å². The SMILES string of the molecule is O=C(NCc1ccc(CC2C=NC=N2)cc1)Nc1ccccc1Cl. The van der Waals surface area contributed by atoms with Crippen molar-refractivity contribution in [3.8, 4) is 0 Å². The van der Waals surface area contributed by atoms with Gasteiger partial charge in [-0.05, 0) is 29.7 Å². The Morgan fingerprint density at radius 2 is 1.83 bits per heavy atom. The van der Waals surface area contributed by atoms with Crippen molar-refractivity contribution >= 4 is 35.9 Å². The maximum atomic E-state index is 11.9. The molecule has 5 nitrogen and oxygen atoms in total. The Hall–Kier alpha value is -2.66. The molecule has 24 heavy (non-hydrogen) atoms. The van der Waals surface area contributed by atoms with Gasteiger partial charge < -0.3 is 10.6 Å². The Bertz CT molecular complexity index is 759. The Labute approximate surface area is 145 Å². The zero-order valence-corrected chi connectivity index (χ0v) is 13.7. The molecule has 1 aliphatic rings. The summed E-state index contributed by atoms with van der Waals surface area (Å²) in [6.07, 6.45) is 4.26. The standard InChI is InChI=1S/C18H17ClN4O/c19-16-3-1-2-4-17(16)23-18(24)21-10-14-7-5-13(6-8-14)9-15-11-20-12-22-15/h1-8,11-12,15H,9-10H2,(H2,21,23,24). The molecule has 0 bridgehead atoms. The van der Waals surface area contributed by atoms with Gasteiger partial charge in [-0.3, -0.25) is 4.99 Å². The number of nitrogens with one attached hydrogen (secondary N) is 2. The highest BCUT2D eigenvalue weighted by Crippen LogP contribution is 2.20. The van der Waals surface area contributed by atoms with Crippen LogP contribution in [0.4, 0.5) is 10.5 Å². The maximum Gasteiger partial charge on any atom is 0.319 e. The van der Waals surface area contributed by atoms with Crippen LogP contribution in [0.2, 0.25) is 5.02 Å². The number of para-hydroxylation sites is 1. The van der Waals surface area contributed by atoms with E-state index in [0.29, 0.717) is 17.3 Å². The first-order valence-electron chi connectivity index (χ1n) is 7.63. The summed E-state index contributed by atoms with van der Waals surface area (Å²) in [4.78, 5) is 20.1. The highest BCUT2D eigenvalue weighted by molar-refractivity contribution is 6.33. The quantitative estimate of drug-likeness (QED) is 0.856. The summed E-state index contributed by atoms with van der Waals surface area (Å²) in [5, 5.41) is 6.05. The number of aliphatic imine (C=N–C) groups is 2. The van der Waals surface area contributed by atoms with Crippen molar-refractivity contribution in [3.63, 3.8) is 0 Å². The first-order valence-corrected chi connectivity index (χ1v) is 8.00. The maximum absolute atomic E-state index is 11.9. The zero-order chi connectivity index (χ0) is 16.8. The van der Waals surface area contributed by atoms with Gasteiger partial charge in [0.05, 0.1) is 16.8 Å². The molecule has 0 saturated heterocycles. The lowest BCUT2D eigenvalue weighted by molar-refractivity contribution is 0.251. The average molecular weight is 341 g/mol. The van der Waals surface area contributed by atoms with Crippen LogP contribution in [-0.2, 0) is 13.0 Å². The molecule has 0 aromatic heterocycles. The van der Waals surface area contributed by atoms with Gasteiger partial charge in [-0.15, -0.1) is 0 Å². The normalized spacial score (nSPS) is 15.5. The number of hydrogen-bond acceptors (Lipinski definition) is 3. The van der Waals surface area contributed by atoms with Crippen molar-refractivity contribution in [2.45, 2.75) is 19.0 Å². The number of amides is 2. The third kappa shape index (κ3) is 4.43. The summed E-state index contributed by atoms with van der Waals surface area (Å²) in [5.41, 5.74) is 2.80. The van der Waals surface area contributed by atoms with E-state index in [0.717, 1.165) is 12.0 Å². The fourth-order valence-electron chi connectivity index (χ4n) is 2.35. The largest absolute Gasteiger partial charge is 0.334 e. The molecule has 1 aliphatic heterocycles. The Morgan fingerprint density at radius 3 is 2.54 bits per heavy atom. The molecule has 2 aromatic rings. The topological polar surface area (TPSA) is 65.8 Å². The number of anilines is 1. The number of urea groups is 1. The van der Waals surface area contributed by atoms with Crippen LogP contribution < -0.4 is 10.6 Å². The minimum absolute atomic E-state index is 0.135. The van der Waals surface area contributed by atoms with Gasteiger partial charge in [0.2, 0.25) is 0 Å². The first kappa shape index (κ1) is 16.2. The van der Waals surface area contributed by atoms with Crippen LogP contribution in [0.5, 0.6) is 0 Å². The van der Waals surface area contributed by atoms with Gasteiger partial charge in [0.25, 0.3) is 0 Å². The monoisotopic (exact) mass is 340 g/mol. The van der Waals surface area contributed by atoms with Crippen molar-refractivity contribution in [2.75, 3.05) is 5.32 Å². The highest BCUT2D eigenvalue weighted by Gasteiger charge is 2.08. The van der Waals surface area contributed by atoms with E-state index in [9.17, 15) is 4.79 Å². The smallest absolute Gasteiger partial charge is 0.319 e. The summed E-state index contributed by atoms with van der Waals surface area (Å²) >= 11 is 6.01. The molecule has 0 spiro atoms. The summed E-state index contributed by atoms with van der Waals surface area (Å²) < 4.78 is 0. The van der Waals surface area contributed by atoms with Gasteiger partial charge in [0, 0.05) is 12.8 Å². The van der Waals surface area contributed by atoms with Crippen LogP contribution in [0.25, 0.3) is 0 Å². The lowest BCUT2D eigenvalue weighted by atomic mass is 10.1. The van der Waals surface area contributed by atoms with Crippen molar-refractivity contribution in [1.29, 1.82) is 0 Å². The first-order chi connectivity index (χ1) is 11.7. The number of carbonyl (C=O) groups excluding carboxylic acids is 1. The van der Waals surface area contributed by atoms with Crippen molar-refractivity contribution in [3.05, 3.63) is 64.7 Å². The lowest BCUT2D eigenvalue weighted by Gasteiger charge is -2.10. The molecule has 0 fully saturated rings. The lowest BCUT2D eigenvalue weighted by Crippen LogP contribution is -2.28. The van der Waals surface area contributed by atoms with E-state index in [1.54, 1.807) is 18.5 Å².